The normalized spacial score (nSPS) is 13.4. The predicted molar refractivity (Wildman–Crippen MR) is 139 cm³/mol. The van der Waals surface area contributed by atoms with Crippen LogP contribution >= 0.6 is 24.0 Å². The molecule has 180 valence electrons. The molecule has 0 aliphatic rings. The van der Waals surface area contributed by atoms with E-state index in [1.807, 2.05) is 52.0 Å². The quantitative estimate of drug-likeness (QED) is 0.158. The lowest BCUT2D eigenvalue weighted by Crippen LogP contribution is -2.44. The largest absolute Gasteiger partial charge is 0.466 e. The summed E-state index contributed by atoms with van der Waals surface area (Å²) in [6.07, 6.45) is 0. The molecule has 1 aromatic heterocycles. The highest BCUT2D eigenvalue weighted by Crippen LogP contribution is 2.26. The molecular weight excluding hydrogens is 521 g/mol. The van der Waals surface area contributed by atoms with Gasteiger partial charge in [0.25, 0.3) is 0 Å². The molecule has 2 rings (SSSR count). The maximum atomic E-state index is 10.9. The van der Waals surface area contributed by atoms with E-state index in [9.17, 15) is 5.11 Å². The lowest BCUT2D eigenvalue weighted by Gasteiger charge is -2.24. The molecule has 8 heteroatoms. The number of nitrogens with zero attached hydrogens (tertiary/aromatic N) is 1. The molecule has 0 fully saturated rings. The summed E-state index contributed by atoms with van der Waals surface area (Å²) in [5.74, 6) is 2.17. The van der Waals surface area contributed by atoms with Crippen LogP contribution in [0.5, 0.6) is 0 Å². The lowest BCUT2D eigenvalue weighted by molar-refractivity contribution is 0.0453. The minimum absolute atomic E-state index is 0. The zero-order valence-electron chi connectivity index (χ0n) is 19.9. The Kier molecular flexibility index (Phi) is 12.9. The van der Waals surface area contributed by atoms with E-state index in [-0.39, 0.29) is 24.0 Å². The van der Waals surface area contributed by atoms with Gasteiger partial charge in [-0.15, -0.1) is 24.0 Å². The summed E-state index contributed by atoms with van der Waals surface area (Å²) in [6, 6.07) is 10.1. The van der Waals surface area contributed by atoms with Crippen LogP contribution in [0.1, 0.15) is 49.0 Å². The number of aliphatic imine (C=N–C) groups is 1. The second kappa shape index (κ2) is 14.5. The number of halogens is 1. The van der Waals surface area contributed by atoms with Gasteiger partial charge < -0.3 is 29.6 Å². The van der Waals surface area contributed by atoms with Gasteiger partial charge in [0.15, 0.2) is 5.96 Å². The van der Waals surface area contributed by atoms with Crippen LogP contribution in [0.25, 0.3) is 0 Å². The van der Waals surface area contributed by atoms with Gasteiger partial charge in [0.1, 0.15) is 17.1 Å². The maximum absolute atomic E-state index is 10.9. The third kappa shape index (κ3) is 9.48. The maximum Gasteiger partial charge on any atom is 0.191 e. The second-order valence-electron chi connectivity index (χ2n) is 7.72. The molecule has 3 N–H and O–H groups in total. The molecule has 0 aliphatic heterocycles. The number of hydrogen-bond acceptors (Lipinski definition) is 5. The second-order valence-corrected chi connectivity index (χ2v) is 7.72. The van der Waals surface area contributed by atoms with E-state index in [0.29, 0.717) is 45.5 Å². The minimum atomic E-state index is -1.07. The summed E-state index contributed by atoms with van der Waals surface area (Å²) in [4.78, 5) is 4.67. The van der Waals surface area contributed by atoms with Crippen LogP contribution in [0.15, 0.2) is 39.7 Å². The van der Waals surface area contributed by atoms with Crippen LogP contribution < -0.4 is 10.6 Å². The zero-order valence-corrected chi connectivity index (χ0v) is 22.2. The highest BCUT2D eigenvalue weighted by atomic mass is 127. The van der Waals surface area contributed by atoms with Gasteiger partial charge in [0.05, 0.1) is 32.9 Å². The first-order chi connectivity index (χ1) is 14.9. The Labute approximate surface area is 209 Å². The van der Waals surface area contributed by atoms with E-state index in [4.69, 9.17) is 13.9 Å². The molecule has 0 amide bonds. The first-order valence-corrected chi connectivity index (χ1v) is 10.9. The minimum Gasteiger partial charge on any atom is -0.466 e. The number of nitrogens with one attached hydrogen (secondary N) is 2. The SMILES string of the molecule is CCNC(=NCc1cccc(COCCOCC)c1)NCC(C)(O)c1cc(C)oc1C.I. The van der Waals surface area contributed by atoms with Crippen molar-refractivity contribution in [2.45, 2.75) is 53.4 Å². The van der Waals surface area contributed by atoms with E-state index < -0.39 is 5.60 Å². The Morgan fingerprint density at radius 1 is 1.09 bits per heavy atom. The van der Waals surface area contributed by atoms with Gasteiger partial charge in [0.2, 0.25) is 0 Å². The third-order valence-electron chi connectivity index (χ3n) is 4.82. The van der Waals surface area contributed by atoms with Gasteiger partial charge in [0, 0.05) is 18.7 Å². The Morgan fingerprint density at radius 2 is 1.81 bits per heavy atom. The van der Waals surface area contributed by atoms with Crippen LogP contribution in [0, 0.1) is 13.8 Å². The van der Waals surface area contributed by atoms with Crippen molar-refractivity contribution in [1.82, 2.24) is 10.6 Å². The Bertz CT molecular complexity index is 836. The van der Waals surface area contributed by atoms with Crippen molar-refractivity contribution >= 4 is 29.9 Å². The molecule has 1 unspecified atom stereocenters. The summed E-state index contributed by atoms with van der Waals surface area (Å²) < 4.78 is 16.5. The molecule has 0 bridgehead atoms. The van der Waals surface area contributed by atoms with Crippen LogP contribution in [0.3, 0.4) is 0 Å². The highest BCUT2D eigenvalue weighted by Gasteiger charge is 2.27. The van der Waals surface area contributed by atoms with E-state index in [2.05, 4.69) is 21.7 Å². The highest BCUT2D eigenvalue weighted by molar-refractivity contribution is 14.0. The average Bonchev–Trinajstić information content (AvgIpc) is 3.09. The number of hydrogen-bond donors (Lipinski definition) is 3. The van der Waals surface area contributed by atoms with Crippen molar-refractivity contribution < 1.29 is 19.0 Å². The van der Waals surface area contributed by atoms with Crippen molar-refractivity contribution in [3.63, 3.8) is 0 Å². The summed E-state index contributed by atoms with van der Waals surface area (Å²) in [7, 11) is 0. The van der Waals surface area contributed by atoms with Gasteiger partial charge >= 0.3 is 0 Å². The number of furan rings is 1. The molecule has 32 heavy (non-hydrogen) atoms. The summed E-state index contributed by atoms with van der Waals surface area (Å²) in [6.45, 7) is 13.5. The molecule has 2 aromatic rings. The van der Waals surface area contributed by atoms with Crippen molar-refractivity contribution in [1.29, 1.82) is 0 Å². The Balaban J connectivity index is 0.00000512. The van der Waals surface area contributed by atoms with E-state index >= 15 is 0 Å². The average molecular weight is 559 g/mol. The first kappa shape index (κ1) is 28.4. The van der Waals surface area contributed by atoms with E-state index in [1.165, 1.54) is 0 Å². The van der Waals surface area contributed by atoms with Crippen molar-refractivity contribution in [3.05, 3.63) is 58.5 Å². The number of guanidine groups is 1. The molecule has 0 saturated carbocycles. The Morgan fingerprint density at radius 3 is 2.47 bits per heavy atom. The van der Waals surface area contributed by atoms with Gasteiger partial charge in [-0.1, -0.05) is 24.3 Å². The fourth-order valence-corrected chi connectivity index (χ4v) is 3.30. The lowest BCUT2D eigenvalue weighted by atomic mass is 9.96. The predicted octanol–water partition coefficient (Wildman–Crippen LogP) is 4.03. The molecular formula is C24H38IN3O4. The summed E-state index contributed by atoms with van der Waals surface area (Å²) in [5, 5.41) is 17.4. The van der Waals surface area contributed by atoms with Crippen LogP contribution in [0.2, 0.25) is 0 Å². The molecule has 1 aromatic carbocycles. The smallest absolute Gasteiger partial charge is 0.191 e. The number of rotatable bonds is 12. The van der Waals surface area contributed by atoms with E-state index in [0.717, 1.165) is 34.8 Å². The van der Waals surface area contributed by atoms with Crippen molar-refractivity contribution in [2.24, 2.45) is 4.99 Å². The zero-order chi connectivity index (χ0) is 22.7. The topological polar surface area (TPSA) is 88.3 Å². The molecule has 0 saturated heterocycles. The molecule has 0 radical (unpaired) electrons. The summed E-state index contributed by atoms with van der Waals surface area (Å²) in [5.41, 5.74) is 1.91. The van der Waals surface area contributed by atoms with E-state index in [1.54, 1.807) is 6.92 Å². The number of ether oxygens (including phenoxy) is 2. The monoisotopic (exact) mass is 559 g/mol. The fraction of sp³-hybridized carbons (Fsp3) is 0.542. The van der Waals surface area contributed by atoms with Crippen LogP contribution in [-0.2, 0) is 28.2 Å². The molecule has 0 spiro atoms. The van der Waals surface area contributed by atoms with Crippen molar-refractivity contribution in [3.8, 4) is 0 Å². The fourth-order valence-electron chi connectivity index (χ4n) is 3.30. The number of benzene rings is 1. The van der Waals surface area contributed by atoms with Crippen molar-refractivity contribution in [2.75, 3.05) is 32.9 Å². The molecule has 7 nitrogen and oxygen atoms in total. The summed E-state index contributed by atoms with van der Waals surface area (Å²) >= 11 is 0. The molecule has 1 atom stereocenters. The van der Waals surface area contributed by atoms with Gasteiger partial charge in [-0.2, -0.15) is 0 Å². The van der Waals surface area contributed by atoms with Gasteiger partial charge in [-0.05, 0) is 51.8 Å². The number of aliphatic hydroxyl groups is 1. The van der Waals surface area contributed by atoms with Gasteiger partial charge in [-0.25, -0.2) is 4.99 Å². The number of aryl methyl sites for hydroxylation is 2. The standard InChI is InChI=1S/C24H37N3O4.HI/c1-6-25-23(27-17-24(5,28)22-13-18(3)31-19(22)4)26-15-20-9-8-10-21(14-20)16-30-12-11-29-7-2;/h8-10,13-14,28H,6-7,11-12,15-17H2,1-5H3,(H2,25,26,27);1H. The Hall–Kier alpha value is -1.62. The third-order valence-corrected chi connectivity index (χ3v) is 4.82. The first-order valence-electron chi connectivity index (χ1n) is 10.9. The molecule has 0 aliphatic carbocycles. The van der Waals surface area contributed by atoms with Crippen LogP contribution in [0.4, 0.5) is 0 Å². The van der Waals surface area contributed by atoms with Crippen LogP contribution in [-0.4, -0.2) is 44.0 Å². The van der Waals surface area contributed by atoms with Gasteiger partial charge in [-0.3, -0.25) is 0 Å². The molecule has 1 heterocycles.